The number of nitrogens with one attached hydrogen (secondary N) is 1. The zero-order valence-electron chi connectivity index (χ0n) is 14.7. The Kier molecular flexibility index (Phi) is 3.76. The summed E-state index contributed by atoms with van der Waals surface area (Å²) in [5, 5.41) is 7.93. The average Bonchev–Trinajstić information content (AvgIpc) is 3.19. The van der Waals surface area contributed by atoms with E-state index in [0.717, 1.165) is 17.5 Å². The van der Waals surface area contributed by atoms with Crippen molar-refractivity contribution in [2.45, 2.75) is 6.18 Å². The van der Waals surface area contributed by atoms with Gasteiger partial charge in [0.05, 0.1) is 36.3 Å². The van der Waals surface area contributed by atoms with Gasteiger partial charge in [-0.3, -0.25) is 5.10 Å². The Hall–Kier alpha value is -3.23. The van der Waals surface area contributed by atoms with Gasteiger partial charge in [0, 0.05) is 18.5 Å². The highest BCUT2D eigenvalue weighted by Crippen LogP contribution is 2.37. The number of hydrogen-bond donors (Lipinski definition) is 1. The number of rotatable bonds is 3. The number of ether oxygens (including phenoxy) is 2. The second-order valence-electron chi connectivity index (χ2n) is 6.02. The van der Waals surface area contributed by atoms with Crippen LogP contribution in [0.5, 0.6) is 11.5 Å². The standard InChI is InChI=1S/C18H15F3N4O2/c1-25-13-5-4-9(18(19,20)21)6-12(13)22-17(25)16-10-7-14(26-2)15(27-3)8-11(10)23-24-16/h4-8H,1-3H3,(H,23,24). The molecule has 0 saturated carbocycles. The van der Waals surface area contributed by atoms with Crippen molar-refractivity contribution in [3.8, 4) is 23.0 Å². The van der Waals surface area contributed by atoms with Gasteiger partial charge in [-0.1, -0.05) is 0 Å². The number of nitrogens with zero attached hydrogens (tertiary/aromatic N) is 3. The lowest BCUT2D eigenvalue weighted by molar-refractivity contribution is -0.137. The van der Waals surface area contributed by atoms with Gasteiger partial charge in [0.25, 0.3) is 0 Å². The van der Waals surface area contributed by atoms with E-state index in [1.165, 1.54) is 20.3 Å². The Morgan fingerprint density at radius 2 is 1.74 bits per heavy atom. The summed E-state index contributed by atoms with van der Waals surface area (Å²) in [6, 6.07) is 7.00. The van der Waals surface area contributed by atoms with Gasteiger partial charge < -0.3 is 14.0 Å². The van der Waals surface area contributed by atoms with Crippen LogP contribution in [0.4, 0.5) is 13.2 Å². The van der Waals surface area contributed by atoms with Gasteiger partial charge >= 0.3 is 6.18 Å². The summed E-state index contributed by atoms with van der Waals surface area (Å²) in [6.45, 7) is 0. The fraction of sp³-hybridized carbons (Fsp3) is 0.222. The maximum Gasteiger partial charge on any atom is 0.416 e. The number of halogens is 3. The van der Waals surface area contributed by atoms with Crippen LogP contribution in [0.15, 0.2) is 30.3 Å². The molecule has 0 atom stereocenters. The highest BCUT2D eigenvalue weighted by molar-refractivity contribution is 5.95. The topological polar surface area (TPSA) is 65.0 Å². The Morgan fingerprint density at radius 3 is 2.41 bits per heavy atom. The highest BCUT2D eigenvalue weighted by atomic mass is 19.4. The van der Waals surface area contributed by atoms with Crippen molar-refractivity contribution in [1.82, 2.24) is 19.7 Å². The lowest BCUT2D eigenvalue weighted by Gasteiger charge is -2.07. The Labute approximate surface area is 151 Å². The molecule has 140 valence electrons. The maximum absolute atomic E-state index is 13.0. The van der Waals surface area contributed by atoms with E-state index < -0.39 is 11.7 Å². The molecule has 0 aliphatic carbocycles. The monoisotopic (exact) mass is 376 g/mol. The first-order valence-corrected chi connectivity index (χ1v) is 7.97. The highest BCUT2D eigenvalue weighted by Gasteiger charge is 2.31. The fourth-order valence-corrected chi connectivity index (χ4v) is 3.10. The van der Waals surface area contributed by atoms with Crippen molar-refractivity contribution < 1.29 is 22.6 Å². The largest absolute Gasteiger partial charge is 0.493 e. The van der Waals surface area contributed by atoms with Crippen LogP contribution < -0.4 is 9.47 Å². The molecule has 0 aliphatic rings. The summed E-state index contributed by atoms with van der Waals surface area (Å²) >= 11 is 0. The van der Waals surface area contributed by atoms with Crippen molar-refractivity contribution in [1.29, 1.82) is 0 Å². The average molecular weight is 376 g/mol. The molecular weight excluding hydrogens is 361 g/mol. The Bertz CT molecular complexity index is 1160. The predicted octanol–water partition coefficient (Wildman–Crippen LogP) is 4.15. The summed E-state index contributed by atoms with van der Waals surface area (Å²) < 4.78 is 51.3. The summed E-state index contributed by atoms with van der Waals surface area (Å²) in [7, 11) is 4.79. The molecule has 0 spiro atoms. The number of aryl methyl sites for hydroxylation is 1. The molecule has 2 heterocycles. The number of alkyl halides is 3. The Morgan fingerprint density at radius 1 is 1.04 bits per heavy atom. The number of benzene rings is 2. The van der Waals surface area contributed by atoms with Gasteiger partial charge in [0.15, 0.2) is 17.3 Å². The molecule has 1 N–H and O–H groups in total. The quantitative estimate of drug-likeness (QED) is 0.583. The molecule has 0 bridgehead atoms. The van der Waals surface area contributed by atoms with E-state index in [2.05, 4.69) is 15.2 Å². The van der Waals surface area contributed by atoms with Crippen molar-refractivity contribution in [3.05, 3.63) is 35.9 Å². The van der Waals surface area contributed by atoms with E-state index in [1.807, 2.05) is 0 Å². The minimum atomic E-state index is -4.42. The SMILES string of the molecule is COc1cc2[nH]nc(-c3nc4cc(C(F)(F)F)ccc4n3C)c2cc1OC. The molecule has 6 nitrogen and oxygen atoms in total. The summed E-state index contributed by atoms with van der Waals surface area (Å²) in [6.07, 6.45) is -4.42. The van der Waals surface area contributed by atoms with Gasteiger partial charge in [-0.15, -0.1) is 0 Å². The first-order valence-electron chi connectivity index (χ1n) is 7.97. The Balaban J connectivity index is 1.93. The molecule has 0 fully saturated rings. The molecule has 4 rings (SSSR count). The molecule has 0 aliphatic heterocycles. The fourth-order valence-electron chi connectivity index (χ4n) is 3.10. The molecule has 27 heavy (non-hydrogen) atoms. The van der Waals surface area contributed by atoms with Crippen LogP contribution in [0.1, 0.15) is 5.56 Å². The number of H-pyrrole nitrogens is 1. The second-order valence-corrected chi connectivity index (χ2v) is 6.02. The number of fused-ring (bicyclic) bond motifs is 2. The van der Waals surface area contributed by atoms with E-state index in [0.29, 0.717) is 34.1 Å². The first kappa shape index (κ1) is 17.2. The number of aromatic amines is 1. The molecule has 9 heteroatoms. The molecule has 0 saturated heterocycles. The van der Waals surface area contributed by atoms with Gasteiger partial charge in [-0.25, -0.2) is 4.98 Å². The van der Waals surface area contributed by atoms with Crippen molar-refractivity contribution in [2.24, 2.45) is 7.05 Å². The number of methoxy groups -OCH3 is 2. The minimum absolute atomic E-state index is 0.249. The normalized spacial score (nSPS) is 12.1. The smallest absolute Gasteiger partial charge is 0.416 e. The van der Waals surface area contributed by atoms with E-state index >= 15 is 0 Å². The van der Waals surface area contributed by atoms with E-state index in [4.69, 9.17) is 9.47 Å². The lowest BCUT2D eigenvalue weighted by Crippen LogP contribution is -2.04. The molecule has 2 aromatic carbocycles. The van der Waals surface area contributed by atoms with Gasteiger partial charge in [-0.2, -0.15) is 18.3 Å². The van der Waals surface area contributed by atoms with Crippen molar-refractivity contribution in [3.63, 3.8) is 0 Å². The van der Waals surface area contributed by atoms with E-state index in [9.17, 15) is 13.2 Å². The van der Waals surface area contributed by atoms with Crippen LogP contribution in [0.2, 0.25) is 0 Å². The second kappa shape index (κ2) is 5.90. The van der Waals surface area contributed by atoms with E-state index in [1.54, 1.807) is 23.7 Å². The molecule has 0 radical (unpaired) electrons. The molecular formula is C18H15F3N4O2. The first-order chi connectivity index (χ1) is 12.8. The molecule has 0 amide bonds. The third-order valence-corrected chi connectivity index (χ3v) is 4.49. The van der Waals surface area contributed by atoms with Gasteiger partial charge in [0.1, 0.15) is 5.69 Å². The third kappa shape index (κ3) is 2.66. The third-order valence-electron chi connectivity index (χ3n) is 4.49. The lowest BCUT2D eigenvalue weighted by atomic mass is 10.2. The van der Waals surface area contributed by atoms with Crippen LogP contribution in [0.25, 0.3) is 33.5 Å². The van der Waals surface area contributed by atoms with Crippen molar-refractivity contribution in [2.75, 3.05) is 14.2 Å². The van der Waals surface area contributed by atoms with Crippen LogP contribution in [-0.4, -0.2) is 34.0 Å². The van der Waals surface area contributed by atoms with Gasteiger partial charge in [0.2, 0.25) is 0 Å². The summed E-state index contributed by atoms with van der Waals surface area (Å²) in [5.41, 5.74) is 1.30. The minimum Gasteiger partial charge on any atom is -0.493 e. The number of hydrogen-bond acceptors (Lipinski definition) is 4. The van der Waals surface area contributed by atoms with Crippen LogP contribution in [0, 0.1) is 0 Å². The van der Waals surface area contributed by atoms with Crippen molar-refractivity contribution >= 4 is 21.9 Å². The van der Waals surface area contributed by atoms with Gasteiger partial charge in [-0.05, 0) is 24.3 Å². The zero-order chi connectivity index (χ0) is 19.3. The number of imidazole rings is 1. The van der Waals surface area contributed by atoms with Crippen LogP contribution >= 0.6 is 0 Å². The molecule has 4 aromatic rings. The zero-order valence-corrected chi connectivity index (χ0v) is 14.7. The van der Waals surface area contributed by atoms with Crippen LogP contribution in [-0.2, 0) is 13.2 Å². The number of aromatic nitrogens is 4. The maximum atomic E-state index is 13.0. The summed E-state index contributed by atoms with van der Waals surface area (Å²) in [5.74, 6) is 1.51. The summed E-state index contributed by atoms with van der Waals surface area (Å²) in [4.78, 5) is 4.39. The van der Waals surface area contributed by atoms with Crippen LogP contribution in [0.3, 0.4) is 0 Å². The molecule has 2 aromatic heterocycles. The van der Waals surface area contributed by atoms with E-state index in [-0.39, 0.29) is 5.52 Å². The molecule has 0 unspecified atom stereocenters. The predicted molar refractivity (Wildman–Crippen MR) is 93.9 cm³/mol.